The zero-order valence-electron chi connectivity index (χ0n) is 6.25. The molecule has 0 aromatic carbocycles. The normalized spacial score (nSPS) is 12.6. The van der Waals surface area contributed by atoms with Crippen LogP contribution in [-0.2, 0) is 20.3 Å². The van der Waals surface area contributed by atoms with Crippen LogP contribution in [0.4, 0.5) is 0 Å². The average molecular weight is 164 g/mol. The Bertz CT molecular complexity index is 117. The lowest BCUT2D eigenvalue weighted by molar-refractivity contribution is -0.140. The molecule has 0 spiro atoms. The van der Waals surface area contributed by atoms with Crippen LogP contribution in [0.1, 0.15) is 13.3 Å². The Morgan fingerprint density at radius 1 is 1.60 bits per heavy atom. The molecule has 0 aliphatic carbocycles. The third-order valence-electron chi connectivity index (χ3n) is 0.881. The van der Waals surface area contributed by atoms with Gasteiger partial charge in [-0.25, -0.2) is 0 Å². The molecule has 0 bridgehead atoms. The molecule has 1 unspecified atom stereocenters. The van der Waals surface area contributed by atoms with E-state index in [-0.39, 0.29) is 5.97 Å². The second kappa shape index (κ2) is 5.41. The average Bonchev–Trinajstić information content (AvgIpc) is 1.79. The van der Waals surface area contributed by atoms with E-state index in [0.717, 1.165) is 0 Å². The third-order valence-corrected chi connectivity index (χ3v) is 1.75. The predicted molar refractivity (Wildman–Crippen MR) is 40.2 cm³/mol. The monoisotopic (exact) mass is 164 g/mol. The number of carbonyl (C=O) groups is 1. The van der Waals surface area contributed by atoms with Crippen LogP contribution in [0.3, 0.4) is 0 Å². The van der Waals surface area contributed by atoms with Gasteiger partial charge in [0.05, 0.1) is 6.61 Å². The van der Waals surface area contributed by atoms with E-state index in [0.29, 0.717) is 18.8 Å². The van der Waals surface area contributed by atoms with E-state index in [1.165, 1.54) is 6.92 Å². The van der Waals surface area contributed by atoms with Crippen molar-refractivity contribution in [3.63, 3.8) is 0 Å². The first kappa shape index (κ1) is 9.62. The Balaban J connectivity index is 3.06. The summed E-state index contributed by atoms with van der Waals surface area (Å²) in [5, 5.41) is 0. The molecule has 0 rings (SSSR count). The fourth-order valence-electron chi connectivity index (χ4n) is 0.478. The van der Waals surface area contributed by atoms with E-state index in [1.54, 1.807) is 6.26 Å². The van der Waals surface area contributed by atoms with Gasteiger partial charge in [0, 0.05) is 29.7 Å². The van der Waals surface area contributed by atoms with Crippen LogP contribution >= 0.6 is 0 Å². The van der Waals surface area contributed by atoms with E-state index >= 15 is 0 Å². The van der Waals surface area contributed by atoms with Crippen molar-refractivity contribution in [2.24, 2.45) is 0 Å². The van der Waals surface area contributed by atoms with Gasteiger partial charge in [-0.2, -0.15) is 0 Å². The molecular formula is C6H12O3S. The van der Waals surface area contributed by atoms with Crippen molar-refractivity contribution in [3.05, 3.63) is 0 Å². The van der Waals surface area contributed by atoms with Gasteiger partial charge in [0.2, 0.25) is 0 Å². The predicted octanol–water partition coefficient (Wildman–Crippen LogP) is 0.318. The molecule has 1 atom stereocenters. The quantitative estimate of drug-likeness (QED) is 0.444. The lowest BCUT2D eigenvalue weighted by Gasteiger charge is -1.98. The lowest BCUT2D eigenvalue weighted by atomic mass is 10.5. The summed E-state index contributed by atoms with van der Waals surface area (Å²) in [5.74, 6) is 0.328. The maximum atomic E-state index is 10.5. The second-order valence-corrected chi connectivity index (χ2v) is 3.53. The minimum Gasteiger partial charge on any atom is -0.466 e. The molecule has 0 radical (unpaired) electrons. The van der Waals surface area contributed by atoms with Crippen LogP contribution < -0.4 is 0 Å². The maximum Gasteiger partial charge on any atom is 0.302 e. The van der Waals surface area contributed by atoms with E-state index in [1.807, 2.05) is 0 Å². The summed E-state index contributed by atoms with van der Waals surface area (Å²) in [6.45, 7) is 1.75. The summed E-state index contributed by atoms with van der Waals surface area (Å²) in [6, 6.07) is 0. The zero-order valence-corrected chi connectivity index (χ0v) is 7.07. The summed E-state index contributed by atoms with van der Waals surface area (Å²) in [5.41, 5.74) is 0. The van der Waals surface area contributed by atoms with Crippen LogP contribution in [-0.4, -0.2) is 28.8 Å². The molecule has 0 aromatic heterocycles. The third kappa shape index (κ3) is 7.62. The summed E-state index contributed by atoms with van der Waals surface area (Å²) in [7, 11) is -0.772. The topological polar surface area (TPSA) is 43.4 Å². The van der Waals surface area contributed by atoms with E-state index in [4.69, 9.17) is 0 Å². The van der Waals surface area contributed by atoms with Gasteiger partial charge in [0.1, 0.15) is 0 Å². The van der Waals surface area contributed by atoms with Gasteiger partial charge in [-0.15, -0.1) is 0 Å². The number of esters is 1. The Morgan fingerprint density at radius 3 is 2.60 bits per heavy atom. The molecule has 0 saturated carbocycles. The summed E-state index contributed by atoms with van der Waals surface area (Å²) < 4.78 is 15.1. The number of ether oxygens (including phenoxy) is 1. The van der Waals surface area contributed by atoms with Gasteiger partial charge in [-0.3, -0.25) is 9.00 Å². The van der Waals surface area contributed by atoms with Gasteiger partial charge in [0.15, 0.2) is 0 Å². The maximum absolute atomic E-state index is 10.5. The van der Waals surface area contributed by atoms with Gasteiger partial charge < -0.3 is 4.74 Å². The van der Waals surface area contributed by atoms with Gasteiger partial charge in [-0.1, -0.05) is 0 Å². The Kier molecular flexibility index (Phi) is 5.20. The highest BCUT2D eigenvalue weighted by atomic mass is 32.2. The minimum absolute atomic E-state index is 0.276. The lowest BCUT2D eigenvalue weighted by Crippen LogP contribution is -2.04. The van der Waals surface area contributed by atoms with E-state index in [9.17, 15) is 9.00 Å². The number of carbonyl (C=O) groups excluding carboxylic acids is 1. The number of hydrogen-bond donors (Lipinski definition) is 0. The van der Waals surface area contributed by atoms with Crippen molar-refractivity contribution in [2.45, 2.75) is 13.3 Å². The summed E-state index contributed by atoms with van der Waals surface area (Å²) in [4.78, 5) is 10.2. The van der Waals surface area contributed by atoms with Crippen LogP contribution in [0.25, 0.3) is 0 Å². The first-order valence-electron chi connectivity index (χ1n) is 3.06. The van der Waals surface area contributed by atoms with Crippen molar-refractivity contribution in [2.75, 3.05) is 18.6 Å². The number of rotatable bonds is 4. The molecular weight excluding hydrogens is 152 g/mol. The van der Waals surface area contributed by atoms with E-state index < -0.39 is 10.8 Å². The zero-order chi connectivity index (χ0) is 7.98. The van der Waals surface area contributed by atoms with Crippen LogP contribution in [0.15, 0.2) is 0 Å². The highest BCUT2D eigenvalue weighted by molar-refractivity contribution is 7.84. The van der Waals surface area contributed by atoms with E-state index in [2.05, 4.69) is 4.74 Å². The molecule has 10 heavy (non-hydrogen) atoms. The molecule has 0 heterocycles. The molecule has 0 aliphatic rings. The number of hydrogen-bond acceptors (Lipinski definition) is 3. The van der Waals surface area contributed by atoms with Crippen molar-refractivity contribution in [1.29, 1.82) is 0 Å². The minimum atomic E-state index is -0.772. The molecule has 0 aromatic rings. The summed E-state index contributed by atoms with van der Waals surface area (Å²) >= 11 is 0. The van der Waals surface area contributed by atoms with Gasteiger partial charge in [-0.05, 0) is 6.42 Å². The fourth-order valence-corrected chi connectivity index (χ4v) is 1.00. The largest absolute Gasteiger partial charge is 0.466 e. The molecule has 0 aliphatic heterocycles. The summed E-state index contributed by atoms with van der Waals surface area (Å²) in [6.07, 6.45) is 2.32. The molecule has 0 amide bonds. The van der Waals surface area contributed by atoms with Gasteiger partial charge in [0.25, 0.3) is 0 Å². The Morgan fingerprint density at radius 2 is 2.20 bits per heavy atom. The highest BCUT2D eigenvalue weighted by Crippen LogP contribution is 1.85. The van der Waals surface area contributed by atoms with Gasteiger partial charge >= 0.3 is 5.97 Å². The second-order valence-electron chi connectivity index (χ2n) is 1.97. The Labute approximate surface area is 63.2 Å². The standard InChI is InChI=1S/C6H12O3S/c1-6(7)9-4-3-5-10(2)8/h3-5H2,1-2H3. The molecule has 60 valence electrons. The van der Waals surface area contributed by atoms with Crippen LogP contribution in [0.2, 0.25) is 0 Å². The fraction of sp³-hybridized carbons (Fsp3) is 0.833. The van der Waals surface area contributed by atoms with Crippen LogP contribution in [0, 0.1) is 0 Å². The Hall–Kier alpha value is -0.380. The van der Waals surface area contributed by atoms with Crippen molar-refractivity contribution < 1.29 is 13.7 Å². The molecule has 0 N–H and O–H groups in total. The first-order valence-corrected chi connectivity index (χ1v) is 4.79. The van der Waals surface area contributed by atoms with Crippen molar-refractivity contribution in [3.8, 4) is 0 Å². The SMILES string of the molecule is CC(=O)OCCCS(C)=O. The smallest absolute Gasteiger partial charge is 0.302 e. The van der Waals surface area contributed by atoms with Crippen molar-refractivity contribution >= 4 is 16.8 Å². The molecule has 3 nitrogen and oxygen atoms in total. The van der Waals surface area contributed by atoms with Crippen LogP contribution in [0.5, 0.6) is 0 Å². The highest BCUT2D eigenvalue weighted by Gasteiger charge is 1.93. The van der Waals surface area contributed by atoms with Crippen molar-refractivity contribution in [1.82, 2.24) is 0 Å². The molecule has 0 saturated heterocycles. The first-order chi connectivity index (χ1) is 4.63. The molecule has 4 heteroatoms. The molecule has 0 fully saturated rings.